The molecule has 0 fully saturated rings. The second kappa shape index (κ2) is 9.82. The number of hydrogen-bond donors (Lipinski definition) is 0. The fourth-order valence-electron chi connectivity index (χ4n) is 1.13. The van der Waals surface area contributed by atoms with Crippen LogP contribution in [0.25, 0.3) is 0 Å². The highest BCUT2D eigenvalue weighted by Crippen LogP contribution is 2.04. The summed E-state index contributed by atoms with van der Waals surface area (Å²) in [6.07, 6.45) is 8.87. The summed E-state index contributed by atoms with van der Waals surface area (Å²) in [5.74, 6) is 0. The van der Waals surface area contributed by atoms with Crippen molar-refractivity contribution < 1.29 is 0 Å². The zero-order valence-corrected chi connectivity index (χ0v) is 9.53. The molecule has 13 heavy (non-hydrogen) atoms. The number of unbranched alkanes of at least 4 members (excludes halogenated alkanes) is 2. The van der Waals surface area contributed by atoms with E-state index in [0.717, 1.165) is 0 Å². The third kappa shape index (κ3) is 6.85. The van der Waals surface area contributed by atoms with Gasteiger partial charge in [-0.25, -0.2) is 0 Å². The van der Waals surface area contributed by atoms with Crippen LogP contribution in [0.5, 0.6) is 0 Å². The maximum atomic E-state index is 3.97. The Kier molecular flexibility index (Phi) is 11.5. The highest BCUT2D eigenvalue weighted by molar-refractivity contribution is 5.85. The zero-order chi connectivity index (χ0) is 7.94. The molecule has 0 unspecified atom stereocenters. The van der Waals surface area contributed by atoms with Crippen LogP contribution in [0.3, 0.4) is 0 Å². The van der Waals surface area contributed by atoms with E-state index in [0.29, 0.717) is 0 Å². The number of halogens is 2. The van der Waals surface area contributed by atoms with Gasteiger partial charge in [-0.3, -0.25) is 4.98 Å². The van der Waals surface area contributed by atoms with Crippen LogP contribution in [0.15, 0.2) is 24.5 Å². The number of rotatable bonds is 4. The van der Waals surface area contributed by atoms with Crippen molar-refractivity contribution in [2.24, 2.45) is 0 Å². The maximum absolute atomic E-state index is 3.97. The van der Waals surface area contributed by atoms with Gasteiger partial charge in [0.05, 0.1) is 0 Å². The zero-order valence-electron chi connectivity index (χ0n) is 7.90. The first kappa shape index (κ1) is 15.2. The first-order valence-electron chi connectivity index (χ1n) is 4.32. The highest BCUT2D eigenvalue weighted by Gasteiger charge is 1.89. The number of aryl methyl sites for hydroxylation is 1. The third-order valence-electron chi connectivity index (χ3n) is 1.82. The molecule has 1 heterocycles. The van der Waals surface area contributed by atoms with Crippen molar-refractivity contribution in [3.8, 4) is 0 Å². The average Bonchev–Trinajstić information content (AvgIpc) is 2.07. The molecule has 0 spiro atoms. The lowest BCUT2D eigenvalue weighted by molar-refractivity contribution is 0.717. The van der Waals surface area contributed by atoms with Crippen molar-refractivity contribution in [2.45, 2.75) is 32.6 Å². The Balaban J connectivity index is 0. The molecule has 0 aliphatic heterocycles. The molecular weight excluding hydrogens is 205 g/mol. The van der Waals surface area contributed by atoms with E-state index in [9.17, 15) is 0 Å². The summed E-state index contributed by atoms with van der Waals surface area (Å²) in [7, 11) is 0. The van der Waals surface area contributed by atoms with Crippen molar-refractivity contribution in [2.75, 3.05) is 0 Å². The lowest BCUT2D eigenvalue weighted by Gasteiger charge is -1.97. The average molecular weight is 222 g/mol. The molecule has 0 radical (unpaired) electrons. The third-order valence-corrected chi connectivity index (χ3v) is 1.82. The van der Waals surface area contributed by atoms with Crippen LogP contribution < -0.4 is 0 Å². The van der Waals surface area contributed by atoms with E-state index in [4.69, 9.17) is 0 Å². The van der Waals surface area contributed by atoms with Gasteiger partial charge in [-0.2, -0.15) is 0 Å². The van der Waals surface area contributed by atoms with Gasteiger partial charge in [0, 0.05) is 12.4 Å². The molecule has 0 aliphatic carbocycles. The minimum atomic E-state index is 0. The Labute approximate surface area is 92.8 Å². The second-order valence-electron chi connectivity index (χ2n) is 2.81. The van der Waals surface area contributed by atoms with Crippen molar-refractivity contribution in [1.82, 2.24) is 4.98 Å². The van der Waals surface area contributed by atoms with Crippen LogP contribution in [0.1, 0.15) is 31.7 Å². The Morgan fingerprint density at radius 1 is 1.08 bits per heavy atom. The van der Waals surface area contributed by atoms with Crippen molar-refractivity contribution in [3.63, 3.8) is 0 Å². The topological polar surface area (TPSA) is 12.9 Å². The summed E-state index contributed by atoms with van der Waals surface area (Å²) < 4.78 is 0. The van der Waals surface area contributed by atoms with Crippen LogP contribution >= 0.6 is 24.8 Å². The minimum absolute atomic E-state index is 0. The molecule has 0 saturated heterocycles. The lowest BCUT2D eigenvalue weighted by atomic mass is 10.1. The van der Waals surface area contributed by atoms with E-state index in [1.807, 2.05) is 12.4 Å². The molecule has 1 aromatic rings. The van der Waals surface area contributed by atoms with E-state index in [1.165, 1.54) is 31.2 Å². The molecule has 0 atom stereocenters. The van der Waals surface area contributed by atoms with E-state index < -0.39 is 0 Å². The van der Waals surface area contributed by atoms with Crippen LogP contribution in [0.4, 0.5) is 0 Å². The summed E-state index contributed by atoms with van der Waals surface area (Å²) in [6, 6.07) is 4.19. The molecule has 0 saturated carbocycles. The molecule has 1 aromatic heterocycles. The van der Waals surface area contributed by atoms with Gasteiger partial charge >= 0.3 is 0 Å². The van der Waals surface area contributed by atoms with Gasteiger partial charge < -0.3 is 0 Å². The largest absolute Gasteiger partial charge is 0.265 e. The number of hydrogen-bond acceptors (Lipinski definition) is 1. The Morgan fingerprint density at radius 3 is 2.23 bits per heavy atom. The number of aromatic nitrogens is 1. The first-order chi connectivity index (χ1) is 5.43. The molecule has 0 aromatic carbocycles. The molecule has 0 aliphatic rings. The van der Waals surface area contributed by atoms with Crippen molar-refractivity contribution >= 4 is 24.8 Å². The van der Waals surface area contributed by atoms with Crippen LogP contribution in [-0.2, 0) is 6.42 Å². The Morgan fingerprint density at radius 2 is 1.69 bits per heavy atom. The fourth-order valence-corrected chi connectivity index (χ4v) is 1.13. The predicted octanol–water partition coefficient (Wildman–Crippen LogP) is 3.66. The molecule has 76 valence electrons. The lowest BCUT2D eigenvalue weighted by Crippen LogP contribution is -1.84. The minimum Gasteiger partial charge on any atom is -0.265 e. The SMILES string of the molecule is CCCCCc1ccncc1.Cl.Cl. The number of nitrogens with zero attached hydrogens (tertiary/aromatic N) is 1. The molecule has 1 rings (SSSR count). The first-order valence-corrected chi connectivity index (χ1v) is 4.32. The van der Waals surface area contributed by atoms with Gasteiger partial charge in [-0.05, 0) is 30.5 Å². The predicted molar refractivity (Wildman–Crippen MR) is 62.0 cm³/mol. The molecule has 0 N–H and O–H groups in total. The van der Waals surface area contributed by atoms with E-state index in [-0.39, 0.29) is 24.8 Å². The van der Waals surface area contributed by atoms with E-state index in [2.05, 4.69) is 24.0 Å². The van der Waals surface area contributed by atoms with Crippen molar-refractivity contribution in [3.05, 3.63) is 30.1 Å². The van der Waals surface area contributed by atoms with Gasteiger partial charge in [-0.1, -0.05) is 19.8 Å². The summed E-state index contributed by atoms with van der Waals surface area (Å²) in [4.78, 5) is 3.97. The van der Waals surface area contributed by atoms with Crippen LogP contribution in [-0.4, -0.2) is 4.98 Å². The van der Waals surface area contributed by atoms with Crippen molar-refractivity contribution in [1.29, 1.82) is 0 Å². The Hall–Kier alpha value is -0.270. The molecule has 1 nitrogen and oxygen atoms in total. The second-order valence-corrected chi connectivity index (χ2v) is 2.81. The smallest absolute Gasteiger partial charge is 0.0270 e. The normalized spacial score (nSPS) is 8.38. The van der Waals surface area contributed by atoms with Gasteiger partial charge in [0.1, 0.15) is 0 Å². The van der Waals surface area contributed by atoms with E-state index in [1.54, 1.807) is 0 Å². The monoisotopic (exact) mass is 221 g/mol. The summed E-state index contributed by atoms with van der Waals surface area (Å²) in [5.41, 5.74) is 1.41. The molecular formula is C10H17Cl2N. The van der Waals surface area contributed by atoms with Crippen LogP contribution in [0, 0.1) is 0 Å². The van der Waals surface area contributed by atoms with Gasteiger partial charge in [0.15, 0.2) is 0 Å². The summed E-state index contributed by atoms with van der Waals surface area (Å²) in [5, 5.41) is 0. The maximum Gasteiger partial charge on any atom is 0.0270 e. The van der Waals surface area contributed by atoms with Gasteiger partial charge in [0.25, 0.3) is 0 Å². The molecule has 3 heteroatoms. The fraction of sp³-hybridized carbons (Fsp3) is 0.500. The van der Waals surface area contributed by atoms with E-state index >= 15 is 0 Å². The quantitative estimate of drug-likeness (QED) is 0.708. The molecule has 0 bridgehead atoms. The summed E-state index contributed by atoms with van der Waals surface area (Å²) >= 11 is 0. The standard InChI is InChI=1S/C10H15N.2ClH/c1-2-3-4-5-10-6-8-11-9-7-10;;/h6-9H,2-5H2,1H3;2*1H. The summed E-state index contributed by atoms with van der Waals surface area (Å²) in [6.45, 7) is 2.23. The highest BCUT2D eigenvalue weighted by atomic mass is 35.5. The van der Waals surface area contributed by atoms with Crippen LogP contribution in [0.2, 0.25) is 0 Å². The Bertz CT molecular complexity index is 189. The number of pyridine rings is 1. The van der Waals surface area contributed by atoms with Gasteiger partial charge in [0.2, 0.25) is 0 Å². The molecule has 0 amide bonds. The van der Waals surface area contributed by atoms with Gasteiger partial charge in [-0.15, -0.1) is 24.8 Å².